The van der Waals surface area contributed by atoms with E-state index >= 15 is 0 Å². The molecular formula is C13H25N3O3. The van der Waals surface area contributed by atoms with E-state index in [9.17, 15) is 9.59 Å². The van der Waals surface area contributed by atoms with Gasteiger partial charge >= 0.3 is 12.0 Å². The van der Waals surface area contributed by atoms with Crippen molar-refractivity contribution in [3.8, 4) is 0 Å². The van der Waals surface area contributed by atoms with E-state index in [2.05, 4.69) is 17.3 Å². The van der Waals surface area contributed by atoms with Crippen LogP contribution in [0.1, 0.15) is 26.7 Å². The Labute approximate surface area is 114 Å². The average molecular weight is 271 g/mol. The summed E-state index contributed by atoms with van der Waals surface area (Å²) >= 11 is 0. The molecule has 1 aliphatic heterocycles. The number of hydrogen-bond donors (Lipinski definition) is 2. The van der Waals surface area contributed by atoms with Crippen molar-refractivity contribution in [2.45, 2.75) is 32.7 Å². The van der Waals surface area contributed by atoms with Gasteiger partial charge in [0.25, 0.3) is 0 Å². The molecule has 6 heteroatoms. The topological polar surface area (TPSA) is 72.9 Å². The Hall–Kier alpha value is -1.30. The van der Waals surface area contributed by atoms with Crippen LogP contribution in [0.4, 0.5) is 4.79 Å². The van der Waals surface area contributed by atoms with Crippen molar-refractivity contribution >= 4 is 12.0 Å². The summed E-state index contributed by atoms with van der Waals surface area (Å²) in [6, 6.07) is -0.445. The Bertz CT molecular complexity index is 322. The Morgan fingerprint density at radius 1 is 1.53 bits per heavy atom. The highest BCUT2D eigenvalue weighted by Crippen LogP contribution is 2.13. The molecule has 2 N–H and O–H groups in total. The predicted octanol–water partition coefficient (Wildman–Crippen LogP) is 0.833. The van der Waals surface area contributed by atoms with Crippen molar-refractivity contribution in [1.82, 2.24) is 15.1 Å². The lowest BCUT2D eigenvalue weighted by atomic mass is 10.1. The molecule has 2 atom stereocenters. The van der Waals surface area contributed by atoms with Gasteiger partial charge in [-0.25, -0.2) is 4.79 Å². The second kappa shape index (κ2) is 7.33. The smallest absolute Gasteiger partial charge is 0.317 e. The fourth-order valence-corrected chi connectivity index (χ4v) is 2.54. The van der Waals surface area contributed by atoms with Gasteiger partial charge in [0.15, 0.2) is 0 Å². The first-order valence-electron chi connectivity index (χ1n) is 6.88. The summed E-state index contributed by atoms with van der Waals surface area (Å²) in [5.41, 5.74) is 0. The third-order valence-electron chi connectivity index (χ3n) is 3.63. The van der Waals surface area contributed by atoms with Crippen LogP contribution in [0.15, 0.2) is 0 Å². The highest BCUT2D eigenvalue weighted by atomic mass is 16.4. The number of nitrogens with zero attached hydrogens (tertiary/aromatic N) is 2. The van der Waals surface area contributed by atoms with Gasteiger partial charge in [-0.15, -0.1) is 0 Å². The zero-order valence-electron chi connectivity index (χ0n) is 12.1. The van der Waals surface area contributed by atoms with E-state index in [1.807, 2.05) is 6.92 Å². The van der Waals surface area contributed by atoms with Crippen LogP contribution in [0.3, 0.4) is 0 Å². The molecule has 2 amide bonds. The quantitative estimate of drug-likeness (QED) is 0.750. The molecule has 1 fully saturated rings. The van der Waals surface area contributed by atoms with Gasteiger partial charge in [0.05, 0.1) is 6.42 Å². The van der Waals surface area contributed by atoms with Crippen LogP contribution in [0, 0.1) is 5.92 Å². The summed E-state index contributed by atoms with van der Waals surface area (Å²) < 4.78 is 0. The van der Waals surface area contributed by atoms with Gasteiger partial charge in [-0.3, -0.25) is 4.79 Å². The third kappa shape index (κ3) is 5.06. The van der Waals surface area contributed by atoms with Crippen molar-refractivity contribution in [3.05, 3.63) is 0 Å². The largest absolute Gasteiger partial charge is 0.481 e. The van der Waals surface area contributed by atoms with Gasteiger partial charge in [-0.1, -0.05) is 0 Å². The molecule has 0 aliphatic carbocycles. The zero-order valence-corrected chi connectivity index (χ0v) is 12.1. The van der Waals surface area contributed by atoms with Crippen LogP contribution in [0.5, 0.6) is 0 Å². The maximum atomic E-state index is 12.0. The molecular weight excluding hydrogens is 246 g/mol. The molecule has 1 heterocycles. The summed E-state index contributed by atoms with van der Waals surface area (Å²) in [6.07, 6.45) is 1.08. The van der Waals surface area contributed by atoms with E-state index in [0.717, 1.165) is 19.5 Å². The number of nitrogens with one attached hydrogen (secondary N) is 1. The molecule has 0 bridgehead atoms. The number of carboxylic acids is 1. The minimum Gasteiger partial charge on any atom is -0.481 e. The minimum absolute atomic E-state index is 0.0204. The van der Waals surface area contributed by atoms with Gasteiger partial charge in [-0.2, -0.15) is 0 Å². The van der Waals surface area contributed by atoms with Crippen LogP contribution in [-0.4, -0.2) is 66.2 Å². The molecule has 0 spiro atoms. The maximum absolute atomic E-state index is 12.0. The van der Waals surface area contributed by atoms with Crippen LogP contribution in [0.2, 0.25) is 0 Å². The Morgan fingerprint density at radius 3 is 2.68 bits per heavy atom. The summed E-state index contributed by atoms with van der Waals surface area (Å²) in [4.78, 5) is 26.6. The first-order valence-corrected chi connectivity index (χ1v) is 6.88. The van der Waals surface area contributed by atoms with Gasteiger partial charge < -0.3 is 20.2 Å². The molecule has 1 aliphatic rings. The lowest BCUT2D eigenvalue weighted by Crippen LogP contribution is -2.47. The molecule has 0 aromatic rings. The SMILES string of the molecule is CCN(C(=O)NCC1CCN(C)C1)C(C)CC(=O)O. The number of carboxylic acid groups (broad SMARTS) is 1. The van der Waals surface area contributed by atoms with E-state index in [4.69, 9.17) is 5.11 Å². The maximum Gasteiger partial charge on any atom is 0.317 e. The second-order valence-corrected chi connectivity index (χ2v) is 5.34. The van der Waals surface area contributed by atoms with Crippen LogP contribution < -0.4 is 5.32 Å². The number of carbonyl (C=O) groups is 2. The van der Waals surface area contributed by atoms with E-state index < -0.39 is 5.97 Å². The summed E-state index contributed by atoms with van der Waals surface area (Å²) in [5.74, 6) is -0.376. The number of likely N-dealkylation sites (tertiary alicyclic amines) is 1. The van der Waals surface area contributed by atoms with Crippen LogP contribution in [0.25, 0.3) is 0 Å². The Morgan fingerprint density at radius 2 is 2.21 bits per heavy atom. The van der Waals surface area contributed by atoms with Crippen LogP contribution >= 0.6 is 0 Å². The van der Waals surface area contributed by atoms with Crippen molar-refractivity contribution in [1.29, 1.82) is 0 Å². The number of hydrogen-bond acceptors (Lipinski definition) is 3. The van der Waals surface area contributed by atoms with Gasteiger partial charge in [0.2, 0.25) is 0 Å². The Balaban J connectivity index is 2.38. The molecule has 0 radical (unpaired) electrons. The lowest BCUT2D eigenvalue weighted by molar-refractivity contribution is -0.138. The minimum atomic E-state index is -0.879. The van der Waals surface area contributed by atoms with Crippen LogP contribution in [-0.2, 0) is 4.79 Å². The first kappa shape index (κ1) is 15.8. The fourth-order valence-electron chi connectivity index (χ4n) is 2.54. The standard InChI is InChI=1S/C13H25N3O3/c1-4-16(10(2)7-12(17)18)13(19)14-8-11-5-6-15(3)9-11/h10-11H,4-9H2,1-3H3,(H,14,19)(H,17,18). The molecule has 19 heavy (non-hydrogen) atoms. The molecule has 1 rings (SSSR count). The highest BCUT2D eigenvalue weighted by Gasteiger charge is 2.23. The van der Waals surface area contributed by atoms with E-state index in [1.54, 1.807) is 11.8 Å². The molecule has 0 aromatic carbocycles. The normalized spacial score (nSPS) is 21.1. The molecule has 0 aromatic heterocycles. The molecule has 0 saturated carbocycles. The van der Waals surface area contributed by atoms with Crippen molar-refractivity contribution in [2.75, 3.05) is 33.2 Å². The summed E-state index contributed by atoms with van der Waals surface area (Å²) in [6.45, 7) is 6.90. The third-order valence-corrected chi connectivity index (χ3v) is 3.63. The summed E-state index contributed by atoms with van der Waals surface area (Å²) in [5, 5.41) is 11.7. The highest BCUT2D eigenvalue weighted by molar-refractivity contribution is 5.75. The van der Waals surface area contributed by atoms with Gasteiger partial charge in [0.1, 0.15) is 0 Å². The van der Waals surface area contributed by atoms with Gasteiger partial charge in [0, 0.05) is 25.7 Å². The average Bonchev–Trinajstić information content (AvgIpc) is 2.72. The van der Waals surface area contributed by atoms with E-state index in [0.29, 0.717) is 19.0 Å². The van der Waals surface area contributed by atoms with Crippen molar-refractivity contribution in [2.24, 2.45) is 5.92 Å². The Kier molecular flexibility index (Phi) is 6.08. The number of carbonyl (C=O) groups excluding carboxylic acids is 1. The number of urea groups is 1. The lowest BCUT2D eigenvalue weighted by Gasteiger charge is -2.27. The monoisotopic (exact) mass is 271 g/mol. The molecule has 110 valence electrons. The van der Waals surface area contributed by atoms with Crippen molar-refractivity contribution < 1.29 is 14.7 Å². The van der Waals surface area contributed by atoms with Gasteiger partial charge in [-0.05, 0) is 39.8 Å². The fraction of sp³-hybridized carbons (Fsp3) is 0.846. The molecule has 2 unspecified atom stereocenters. The zero-order chi connectivity index (χ0) is 14.4. The number of rotatable bonds is 6. The van der Waals surface area contributed by atoms with E-state index in [-0.39, 0.29) is 18.5 Å². The molecule has 1 saturated heterocycles. The predicted molar refractivity (Wildman–Crippen MR) is 73.1 cm³/mol. The molecule has 6 nitrogen and oxygen atoms in total. The first-order chi connectivity index (χ1) is 8.93. The summed E-state index contributed by atoms with van der Waals surface area (Å²) in [7, 11) is 2.08. The number of amides is 2. The second-order valence-electron chi connectivity index (χ2n) is 5.34. The van der Waals surface area contributed by atoms with Crippen molar-refractivity contribution in [3.63, 3.8) is 0 Å². The number of aliphatic carboxylic acids is 1. The van der Waals surface area contributed by atoms with E-state index in [1.165, 1.54) is 0 Å².